The standard InChI is InChI=1S/C25H29NO3/c1-18-14-24(29-17-22-4-3-13-28-16-22)15-25(27)26(18)19(2)23-11-9-21(10-12-23)8-7-20-5-6-20/h9-12,14-15,19-20,22H,3-6,13,16-17H2,1-2H3/t19-,22-/m1/s1. The molecule has 4 nitrogen and oxygen atoms in total. The van der Waals surface area contributed by atoms with Crippen molar-refractivity contribution in [1.82, 2.24) is 4.57 Å². The number of benzene rings is 1. The van der Waals surface area contributed by atoms with E-state index in [9.17, 15) is 4.79 Å². The normalized spacial score (nSPS) is 19.9. The van der Waals surface area contributed by atoms with Crippen LogP contribution in [0.3, 0.4) is 0 Å². The van der Waals surface area contributed by atoms with Crippen LogP contribution < -0.4 is 10.3 Å². The molecule has 2 aromatic rings. The second-order valence-electron chi connectivity index (χ2n) is 8.28. The van der Waals surface area contributed by atoms with Gasteiger partial charge in [-0.15, -0.1) is 0 Å². The number of aryl methyl sites for hydroxylation is 1. The summed E-state index contributed by atoms with van der Waals surface area (Å²) in [6.07, 6.45) is 4.67. The van der Waals surface area contributed by atoms with Crippen molar-refractivity contribution in [3.8, 4) is 17.6 Å². The highest BCUT2D eigenvalue weighted by Gasteiger charge is 2.18. The molecular formula is C25H29NO3. The van der Waals surface area contributed by atoms with Crippen LogP contribution in [-0.4, -0.2) is 24.4 Å². The molecule has 1 saturated carbocycles. The van der Waals surface area contributed by atoms with Gasteiger partial charge in [-0.3, -0.25) is 4.79 Å². The van der Waals surface area contributed by atoms with E-state index in [0.29, 0.717) is 24.2 Å². The fourth-order valence-electron chi connectivity index (χ4n) is 3.82. The first-order valence-electron chi connectivity index (χ1n) is 10.7. The summed E-state index contributed by atoms with van der Waals surface area (Å²) < 4.78 is 13.2. The maximum Gasteiger partial charge on any atom is 0.254 e. The first-order chi connectivity index (χ1) is 14.1. The Balaban J connectivity index is 1.45. The molecule has 2 fully saturated rings. The van der Waals surface area contributed by atoms with Gasteiger partial charge in [0.1, 0.15) is 5.75 Å². The maximum absolute atomic E-state index is 12.8. The molecule has 2 heterocycles. The fraction of sp³-hybridized carbons (Fsp3) is 0.480. The van der Waals surface area contributed by atoms with Gasteiger partial charge in [0, 0.05) is 35.8 Å². The number of hydrogen-bond acceptors (Lipinski definition) is 3. The molecule has 4 rings (SSSR count). The van der Waals surface area contributed by atoms with Gasteiger partial charge >= 0.3 is 0 Å². The molecule has 29 heavy (non-hydrogen) atoms. The van der Waals surface area contributed by atoms with Gasteiger partial charge < -0.3 is 14.0 Å². The summed E-state index contributed by atoms with van der Waals surface area (Å²) in [5.74, 6) is 8.18. The zero-order chi connectivity index (χ0) is 20.2. The molecule has 0 radical (unpaired) electrons. The number of aromatic nitrogens is 1. The molecule has 0 spiro atoms. The van der Waals surface area contributed by atoms with Crippen LogP contribution in [0.15, 0.2) is 41.2 Å². The Hall–Kier alpha value is -2.51. The van der Waals surface area contributed by atoms with Gasteiger partial charge in [0.2, 0.25) is 0 Å². The molecule has 1 aliphatic carbocycles. The number of nitrogens with zero attached hydrogens (tertiary/aromatic N) is 1. The summed E-state index contributed by atoms with van der Waals surface area (Å²) in [4.78, 5) is 12.8. The highest BCUT2D eigenvalue weighted by atomic mass is 16.5. The molecule has 0 amide bonds. The van der Waals surface area contributed by atoms with Crippen LogP contribution in [0.4, 0.5) is 0 Å². The Morgan fingerprint density at radius 3 is 2.66 bits per heavy atom. The lowest BCUT2D eigenvalue weighted by molar-refractivity contribution is 0.0351. The van der Waals surface area contributed by atoms with Crippen LogP contribution in [-0.2, 0) is 4.74 Å². The van der Waals surface area contributed by atoms with Crippen molar-refractivity contribution in [3.63, 3.8) is 0 Å². The van der Waals surface area contributed by atoms with E-state index in [2.05, 4.69) is 30.9 Å². The van der Waals surface area contributed by atoms with Gasteiger partial charge in [-0.1, -0.05) is 24.0 Å². The smallest absolute Gasteiger partial charge is 0.254 e. The van der Waals surface area contributed by atoms with Crippen molar-refractivity contribution < 1.29 is 9.47 Å². The van der Waals surface area contributed by atoms with Gasteiger partial charge in [0.25, 0.3) is 5.56 Å². The van der Waals surface area contributed by atoms with Gasteiger partial charge in [-0.25, -0.2) is 0 Å². The second kappa shape index (κ2) is 8.88. The average molecular weight is 392 g/mol. The summed E-state index contributed by atoms with van der Waals surface area (Å²) >= 11 is 0. The molecule has 4 heteroatoms. The summed E-state index contributed by atoms with van der Waals surface area (Å²) in [5, 5.41) is 0. The molecular weight excluding hydrogens is 362 g/mol. The average Bonchev–Trinajstić information content (AvgIpc) is 3.56. The van der Waals surface area contributed by atoms with Crippen molar-refractivity contribution >= 4 is 0 Å². The van der Waals surface area contributed by atoms with Crippen LogP contribution in [0.25, 0.3) is 0 Å². The molecule has 1 aromatic heterocycles. The van der Waals surface area contributed by atoms with Crippen molar-refractivity contribution in [2.24, 2.45) is 11.8 Å². The first kappa shape index (κ1) is 19.8. The number of pyridine rings is 1. The van der Waals surface area contributed by atoms with Crippen LogP contribution >= 0.6 is 0 Å². The topological polar surface area (TPSA) is 40.5 Å². The number of hydrogen-bond donors (Lipinski definition) is 0. The third-order valence-corrected chi connectivity index (χ3v) is 5.75. The molecule has 1 aliphatic heterocycles. The highest BCUT2D eigenvalue weighted by Crippen LogP contribution is 2.27. The summed E-state index contributed by atoms with van der Waals surface area (Å²) in [6.45, 7) is 6.21. The lowest BCUT2D eigenvalue weighted by atomic mass is 10.0. The molecule has 1 saturated heterocycles. The third kappa shape index (κ3) is 5.10. The predicted molar refractivity (Wildman–Crippen MR) is 114 cm³/mol. The van der Waals surface area contributed by atoms with Crippen molar-refractivity contribution in [3.05, 3.63) is 63.6 Å². The Kier molecular flexibility index (Phi) is 6.06. The van der Waals surface area contributed by atoms with Crippen LogP contribution in [0.2, 0.25) is 0 Å². The number of ether oxygens (including phenoxy) is 2. The Labute approximate surface area is 172 Å². The Morgan fingerprint density at radius 2 is 2.00 bits per heavy atom. The predicted octanol–water partition coefficient (Wildman–Crippen LogP) is 4.33. The van der Waals surface area contributed by atoms with Crippen molar-refractivity contribution in [1.29, 1.82) is 0 Å². The monoisotopic (exact) mass is 391 g/mol. The molecule has 152 valence electrons. The van der Waals surface area contributed by atoms with E-state index in [1.807, 2.05) is 29.7 Å². The highest BCUT2D eigenvalue weighted by molar-refractivity contribution is 5.38. The summed E-state index contributed by atoms with van der Waals surface area (Å²) in [7, 11) is 0. The van der Waals surface area contributed by atoms with E-state index < -0.39 is 0 Å². The van der Waals surface area contributed by atoms with Crippen molar-refractivity contribution in [2.45, 2.75) is 45.6 Å². The minimum Gasteiger partial charge on any atom is -0.493 e. The summed E-state index contributed by atoms with van der Waals surface area (Å²) in [6, 6.07) is 11.7. The van der Waals surface area contributed by atoms with E-state index in [1.165, 1.54) is 12.8 Å². The second-order valence-corrected chi connectivity index (χ2v) is 8.28. The van der Waals surface area contributed by atoms with Gasteiger partial charge in [-0.2, -0.15) is 0 Å². The molecule has 2 atom stereocenters. The quantitative estimate of drug-likeness (QED) is 0.712. The van der Waals surface area contributed by atoms with Gasteiger partial charge in [-0.05, 0) is 63.3 Å². The lowest BCUT2D eigenvalue weighted by Crippen LogP contribution is -2.27. The largest absolute Gasteiger partial charge is 0.493 e. The third-order valence-electron chi connectivity index (χ3n) is 5.75. The van der Waals surface area contributed by atoms with Crippen LogP contribution in [0.1, 0.15) is 55.5 Å². The minimum atomic E-state index is -0.0475. The Bertz CT molecular complexity index is 954. The fourth-order valence-corrected chi connectivity index (χ4v) is 3.82. The van der Waals surface area contributed by atoms with Crippen LogP contribution in [0, 0.1) is 30.6 Å². The minimum absolute atomic E-state index is 0.0370. The van der Waals surface area contributed by atoms with Gasteiger partial charge in [0.15, 0.2) is 0 Å². The van der Waals surface area contributed by atoms with E-state index in [4.69, 9.17) is 9.47 Å². The first-order valence-corrected chi connectivity index (χ1v) is 10.7. The zero-order valence-corrected chi connectivity index (χ0v) is 17.3. The van der Waals surface area contributed by atoms with E-state index in [-0.39, 0.29) is 11.6 Å². The van der Waals surface area contributed by atoms with Gasteiger partial charge in [0.05, 0.1) is 19.3 Å². The maximum atomic E-state index is 12.8. The van der Waals surface area contributed by atoms with Crippen molar-refractivity contribution in [2.75, 3.05) is 19.8 Å². The molecule has 0 bridgehead atoms. The number of rotatable bonds is 5. The Morgan fingerprint density at radius 1 is 1.21 bits per heavy atom. The SMILES string of the molecule is Cc1cc(OC[C@@H]2CCCOC2)cc(=O)n1[C@H](C)c1ccc(C#CC2CC2)cc1. The van der Waals surface area contributed by atoms with E-state index >= 15 is 0 Å². The van der Waals surface area contributed by atoms with E-state index in [1.54, 1.807) is 6.07 Å². The molecule has 1 aromatic carbocycles. The molecule has 0 N–H and O–H groups in total. The molecule has 0 unspecified atom stereocenters. The zero-order valence-electron chi connectivity index (χ0n) is 17.3. The van der Waals surface area contributed by atoms with E-state index in [0.717, 1.165) is 42.9 Å². The van der Waals surface area contributed by atoms with Crippen LogP contribution in [0.5, 0.6) is 5.75 Å². The summed E-state index contributed by atoms with van der Waals surface area (Å²) in [5.41, 5.74) is 3.00. The molecule has 2 aliphatic rings. The lowest BCUT2D eigenvalue weighted by Gasteiger charge is -2.23.